The van der Waals surface area contributed by atoms with Gasteiger partial charge in [-0.15, -0.1) is 24.8 Å². The Morgan fingerprint density at radius 2 is 1.83 bits per heavy atom. The predicted octanol–water partition coefficient (Wildman–Crippen LogP) is 4.07. The summed E-state index contributed by atoms with van der Waals surface area (Å²) in [4.78, 5) is 2.60. The second-order valence-electron chi connectivity index (χ2n) is 5.79. The molecule has 1 aromatic carbocycles. The van der Waals surface area contributed by atoms with E-state index in [1.165, 1.54) is 24.8 Å². The quantitative estimate of drug-likeness (QED) is 0.738. The molecule has 1 N–H and O–H groups in total. The van der Waals surface area contributed by atoms with Gasteiger partial charge in [0, 0.05) is 32.2 Å². The van der Waals surface area contributed by atoms with E-state index < -0.39 is 0 Å². The van der Waals surface area contributed by atoms with Gasteiger partial charge in [0.25, 0.3) is 0 Å². The van der Waals surface area contributed by atoms with Gasteiger partial charge < -0.3 is 14.8 Å². The van der Waals surface area contributed by atoms with E-state index in [9.17, 15) is 0 Å². The van der Waals surface area contributed by atoms with Crippen molar-refractivity contribution >= 4 is 24.8 Å². The van der Waals surface area contributed by atoms with E-state index in [1.54, 1.807) is 7.11 Å². The van der Waals surface area contributed by atoms with Crippen molar-refractivity contribution < 1.29 is 9.47 Å². The minimum Gasteiger partial charge on any atom is -0.493 e. The molecule has 24 heavy (non-hydrogen) atoms. The maximum Gasteiger partial charge on any atom is 0.161 e. The first kappa shape index (κ1) is 23.3. The molecule has 1 aliphatic heterocycles. The molecule has 0 unspecified atom stereocenters. The molecule has 0 amide bonds. The molecule has 1 heterocycles. The van der Waals surface area contributed by atoms with Crippen LogP contribution in [0.1, 0.15) is 44.7 Å². The number of ether oxygens (including phenoxy) is 2. The number of unbranched alkanes of at least 4 members (excludes halogenated alkanes) is 1. The van der Waals surface area contributed by atoms with Gasteiger partial charge in [-0.2, -0.15) is 0 Å². The number of nitrogens with one attached hydrogen (secondary N) is 1. The van der Waals surface area contributed by atoms with Crippen LogP contribution in [0.25, 0.3) is 0 Å². The Hall–Kier alpha value is -0.680. The van der Waals surface area contributed by atoms with Gasteiger partial charge >= 0.3 is 0 Å². The molecule has 0 spiro atoms. The number of hydrogen-bond acceptors (Lipinski definition) is 4. The zero-order valence-electron chi connectivity index (χ0n) is 15.0. The summed E-state index contributed by atoms with van der Waals surface area (Å²) in [6.45, 7) is 9.32. The highest BCUT2D eigenvalue weighted by atomic mass is 35.5. The summed E-state index contributed by atoms with van der Waals surface area (Å²) in [6, 6.07) is 6.89. The third kappa shape index (κ3) is 6.32. The number of halogens is 2. The van der Waals surface area contributed by atoms with Gasteiger partial charge in [0.15, 0.2) is 11.5 Å². The van der Waals surface area contributed by atoms with E-state index in [0.29, 0.717) is 12.6 Å². The van der Waals surface area contributed by atoms with E-state index in [1.807, 2.05) is 13.0 Å². The SMILES string of the molecule is CCCC[C@@H](c1ccc(OC)c(OCC)c1)N1CCNCC1.Cl.Cl. The van der Waals surface area contributed by atoms with Gasteiger partial charge in [0.05, 0.1) is 13.7 Å². The number of rotatable bonds is 8. The normalized spacial score (nSPS) is 15.8. The molecule has 0 saturated carbocycles. The topological polar surface area (TPSA) is 33.7 Å². The Labute approximate surface area is 159 Å². The van der Waals surface area contributed by atoms with E-state index >= 15 is 0 Å². The molecule has 140 valence electrons. The van der Waals surface area contributed by atoms with E-state index in [-0.39, 0.29) is 24.8 Å². The standard InChI is InChI=1S/C18H30N2O2.2ClH/c1-4-6-7-16(20-12-10-19-11-13-20)15-8-9-17(21-3)18(14-15)22-5-2;;/h8-9,14,16,19H,4-7,10-13H2,1-3H3;2*1H/t16-;;/m0../s1. The van der Waals surface area contributed by atoms with Crippen molar-refractivity contribution in [2.24, 2.45) is 0 Å². The van der Waals surface area contributed by atoms with Crippen molar-refractivity contribution in [1.29, 1.82) is 0 Å². The van der Waals surface area contributed by atoms with Crippen molar-refractivity contribution in [2.75, 3.05) is 39.9 Å². The number of methoxy groups -OCH3 is 1. The number of piperazine rings is 1. The molecule has 0 aromatic heterocycles. The Morgan fingerprint density at radius 1 is 1.12 bits per heavy atom. The van der Waals surface area contributed by atoms with E-state index in [4.69, 9.17) is 9.47 Å². The smallest absolute Gasteiger partial charge is 0.161 e. The third-order valence-electron chi connectivity index (χ3n) is 4.30. The second kappa shape index (κ2) is 12.6. The van der Waals surface area contributed by atoms with Crippen LogP contribution >= 0.6 is 24.8 Å². The number of hydrogen-bond donors (Lipinski definition) is 1. The fourth-order valence-electron chi connectivity index (χ4n) is 3.12. The van der Waals surface area contributed by atoms with Gasteiger partial charge in [-0.1, -0.05) is 25.8 Å². The van der Waals surface area contributed by atoms with Crippen molar-refractivity contribution in [3.63, 3.8) is 0 Å². The lowest BCUT2D eigenvalue weighted by atomic mass is 9.98. The molecule has 0 aliphatic carbocycles. The fraction of sp³-hybridized carbons (Fsp3) is 0.667. The molecule has 1 aliphatic rings. The lowest BCUT2D eigenvalue weighted by Gasteiger charge is -2.35. The van der Waals surface area contributed by atoms with Crippen molar-refractivity contribution in [1.82, 2.24) is 10.2 Å². The molecule has 1 saturated heterocycles. The Balaban J connectivity index is 0.00000264. The average molecular weight is 379 g/mol. The summed E-state index contributed by atoms with van der Waals surface area (Å²) >= 11 is 0. The van der Waals surface area contributed by atoms with Crippen LogP contribution in [0.2, 0.25) is 0 Å². The van der Waals surface area contributed by atoms with Crippen molar-refractivity contribution in [3.8, 4) is 11.5 Å². The zero-order chi connectivity index (χ0) is 15.8. The summed E-state index contributed by atoms with van der Waals surface area (Å²) in [6.07, 6.45) is 3.69. The lowest BCUT2D eigenvalue weighted by Crippen LogP contribution is -2.45. The first-order valence-corrected chi connectivity index (χ1v) is 8.55. The van der Waals surface area contributed by atoms with Crippen LogP contribution in [0.4, 0.5) is 0 Å². The Morgan fingerprint density at radius 3 is 2.42 bits per heavy atom. The molecule has 4 nitrogen and oxygen atoms in total. The third-order valence-corrected chi connectivity index (χ3v) is 4.30. The summed E-state index contributed by atoms with van der Waals surface area (Å²) in [5.74, 6) is 1.68. The fourth-order valence-corrected chi connectivity index (χ4v) is 3.12. The molecule has 6 heteroatoms. The summed E-state index contributed by atoms with van der Waals surface area (Å²) < 4.78 is 11.2. The molecule has 0 bridgehead atoms. The van der Waals surface area contributed by atoms with Crippen molar-refractivity contribution in [3.05, 3.63) is 23.8 Å². The molecular weight excluding hydrogens is 347 g/mol. The van der Waals surface area contributed by atoms with Crippen LogP contribution in [-0.2, 0) is 0 Å². The molecule has 0 radical (unpaired) electrons. The molecule has 1 fully saturated rings. The van der Waals surface area contributed by atoms with Crippen LogP contribution in [0.3, 0.4) is 0 Å². The maximum absolute atomic E-state index is 5.75. The van der Waals surface area contributed by atoms with Crippen LogP contribution in [-0.4, -0.2) is 44.8 Å². The molecule has 1 aromatic rings. The average Bonchev–Trinajstić information content (AvgIpc) is 2.57. The van der Waals surface area contributed by atoms with Crippen LogP contribution in [0, 0.1) is 0 Å². The Kier molecular flexibility index (Phi) is 12.3. The van der Waals surface area contributed by atoms with Gasteiger partial charge in [0.2, 0.25) is 0 Å². The van der Waals surface area contributed by atoms with Crippen LogP contribution in [0.5, 0.6) is 11.5 Å². The maximum atomic E-state index is 5.75. The van der Waals surface area contributed by atoms with Gasteiger partial charge in [-0.05, 0) is 31.0 Å². The van der Waals surface area contributed by atoms with Gasteiger partial charge in [0.1, 0.15) is 0 Å². The Bertz CT molecular complexity index is 455. The monoisotopic (exact) mass is 378 g/mol. The lowest BCUT2D eigenvalue weighted by molar-refractivity contribution is 0.162. The second-order valence-corrected chi connectivity index (χ2v) is 5.79. The van der Waals surface area contributed by atoms with Crippen LogP contribution < -0.4 is 14.8 Å². The zero-order valence-corrected chi connectivity index (χ0v) is 16.7. The number of benzene rings is 1. The minimum atomic E-state index is 0. The summed E-state index contributed by atoms with van der Waals surface area (Å²) in [5.41, 5.74) is 1.35. The largest absolute Gasteiger partial charge is 0.493 e. The van der Waals surface area contributed by atoms with Crippen molar-refractivity contribution in [2.45, 2.75) is 39.2 Å². The molecular formula is C18H32Cl2N2O2. The first-order chi connectivity index (χ1) is 10.8. The highest BCUT2D eigenvalue weighted by Crippen LogP contribution is 2.34. The predicted molar refractivity (Wildman–Crippen MR) is 105 cm³/mol. The summed E-state index contributed by atoms with van der Waals surface area (Å²) in [5, 5.41) is 3.44. The first-order valence-electron chi connectivity index (χ1n) is 8.55. The van der Waals surface area contributed by atoms with Gasteiger partial charge in [-0.3, -0.25) is 4.90 Å². The molecule has 1 atom stereocenters. The molecule has 2 rings (SSSR count). The highest BCUT2D eigenvalue weighted by molar-refractivity contribution is 5.85. The minimum absolute atomic E-state index is 0. The summed E-state index contributed by atoms with van der Waals surface area (Å²) in [7, 11) is 1.70. The van der Waals surface area contributed by atoms with Crippen LogP contribution in [0.15, 0.2) is 18.2 Å². The number of nitrogens with zero attached hydrogens (tertiary/aromatic N) is 1. The van der Waals surface area contributed by atoms with E-state index in [2.05, 4.69) is 29.3 Å². The van der Waals surface area contributed by atoms with Gasteiger partial charge in [-0.25, -0.2) is 0 Å². The van der Waals surface area contributed by atoms with E-state index in [0.717, 1.165) is 37.7 Å². The highest BCUT2D eigenvalue weighted by Gasteiger charge is 2.22.